The first kappa shape index (κ1) is 17.8. The molecular weight excluding hydrogens is 364 g/mol. The number of benzene rings is 1. The minimum atomic E-state index is -1.03. The molecule has 0 spiro atoms. The number of carboxylic acid groups (broad SMARTS) is 1. The average Bonchev–Trinajstić information content (AvgIpc) is 3.10. The lowest BCUT2D eigenvalue weighted by Gasteiger charge is -2.32. The molecule has 0 atom stereocenters. The van der Waals surface area contributed by atoms with Crippen molar-refractivity contribution in [3.63, 3.8) is 0 Å². The lowest BCUT2D eigenvalue weighted by Crippen LogP contribution is -2.46. The Hall–Kier alpha value is -1.96. The summed E-state index contributed by atoms with van der Waals surface area (Å²) in [6.07, 6.45) is 1.26. The molecule has 1 aromatic heterocycles. The predicted octanol–water partition coefficient (Wildman–Crippen LogP) is 3.17. The van der Waals surface area contributed by atoms with Gasteiger partial charge in [0.1, 0.15) is 17.2 Å². The zero-order valence-corrected chi connectivity index (χ0v) is 14.9. The van der Waals surface area contributed by atoms with Crippen molar-refractivity contribution in [2.45, 2.75) is 18.9 Å². The Labute approximate surface area is 154 Å². The second-order valence-electron chi connectivity index (χ2n) is 5.72. The molecule has 0 saturated carbocycles. The molecule has 8 heteroatoms. The van der Waals surface area contributed by atoms with E-state index in [4.69, 9.17) is 21.4 Å². The molecule has 132 valence electrons. The monoisotopic (exact) mass is 380 g/mol. The maximum Gasteiger partial charge on any atom is 0.323 e. The molecule has 1 fully saturated rings. The van der Waals surface area contributed by atoms with Gasteiger partial charge < -0.3 is 14.7 Å². The molecule has 0 radical (unpaired) electrons. The molecule has 1 aliphatic rings. The third kappa shape index (κ3) is 4.36. The van der Waals surface area contributed by atoms with Gasteiger partial charge >= 0.3 is 5.97 Å². The highest BCUT2D eigenvalue weighted by Crippen LogP contribution is 2.26. The number of hydrogen-bond donors (Lipinski definition) is 1. The van der Waals surface area contributed by atoms with Gasteiger partial charge in [0, 0.05) is 35.2 Å². The van der Waals surface area contributed by atoms with Gasteiger partial charge in [-0.1, -0.05) is 23.7 Å². The fourth-order valence-corrected chi connectivity index (χ4v) is 3.68. The van der Waals surface area contributed by atoms with E-state index in [2.05, 4.69) is 4.98 Å². The highest BCUT2D eigenvalue weighted by molar-refractivity contribution is 7.13. The molecule has 3 rings (SSSR count). The first-order chi connectivity index (χ1) is 12.0. The van der Waals surface area contributed by atoms with E-state index in [9.17, 15) is 9.59 Å². The standard InChI is InChI=1S/C17H17ClN2O4S/c18-12-3-1-11(2-4-12)16-19-14(10-25-16)17(23)20(9-15(21)22)13-5-7-24-8-6-13/h1-4,10,13H,5-9H2,(H,21,22). The Balaban J connectivity index is 1.81. The summed E-state index contributed by atoms with van der Waals surface area (Å²) in [5, 5.41) is 12.2. The smallest absolute Gasteiger partial charge is 0.323 e. The van der Waals surface area contributed by atoms with Gasteiger partial charge in [0.2, 0.25) is 0 Å². The van der Waals surface area contributed by atoms with Crippen molar-refractivity contribution in [3.8, 4) is 10.6 Å². The third-order valence-corrected chi connectivity index (χ3v) is 5.16. The van der Waals surface area contributed by atoms with E-state index in [0.29, 0.717) is 36.1 Å². The van der Waals surface area contributed by atoms with Crippen LogP contribution in [0.3, 0.4) is 0 Å². The van der Waals surface area contributed by atoms with Crippen molar-refractivity contribution in [3.05, 3.63) is 40.4 Å². The number of aromatic nitrogens is 1. The van der Waals surface area contributed by atoms with Gasteiger partial charge in [0.25, 0.3) is 5.91 Å². The van der Waals surface area contributed by atoms with E-state index in [1.54, 1.807) is 17.5 Å². The van der Waals surface area contributed by atoms with E-state index in [1.165, 1.54) is 16.2 Å². The van der Waals surface area contributed by atoms with Gasteiger partial charge in [0.05, 0.1) is 0 Å². The first-order valence-electron chi connectivity index (χ1n) is 7.86. The van der Waals surface area contributed by atoms with Gasteiger partial charge in [-0.25, -0.2) is 4.98 Å². The topological polar surface area (TPSA) is 79.7 Å². The second-order valence-corrected chi connectivity index (χ2v) is 7.01. The van der Waals surface area contributed by atoms with Crippen LogP contribution < -0.4 is 0 Å². The van der Waals surface area contributed by atoms with Crippen LogP contribution in [-0.4, -0.2) is 52.7 Å². The lowest BCUT2D eigenvalue weighted by atomic mass is 10.1. The van der Waals surface area contributed by atoms with Crippen LogP contribution >= 0.6 is 22.9 Å². The van der Waals surface area contributed by atoms with Gasteiger partial charge in [-0.05, 0) is 25.0 Å². The van der Waals surface area contributed by atoms with Crippen LogP contribution in [-0.2, 0) is 9.53 Å². The Morgan fingerprint density at radius 2 is 1.96 bits per heavy atom. The number of halogens is 1. The average molecular weight is 381 g/mol. The van der Waals surface area contributed by atoms with Crippen molar-refractivity contribution in [2.24, 2.45) is 0 Å². The molecule has 1 aromatic carbocycles. The number of carbonyl (C=O) groups excluding carboxylic acids is 1. The Bertz CT molecular complexity index is 756. The molecule has 1 N–H and O–H groups in total. The number of carbonyl (C=O) groups is 2. The predicted molar refractivity (Wildman–Crippen MR) is 95.1 cm³/mol. The van der Waals surface area contributed by atoms with E-state index in [1.807, 2.05) is 12.1 Å². The molecule has 0 aliphatic carbocycles. The van der Waals surface area contributed by atoms with Crippen LogP contribution in [0.5, 0.6) is 0 Å². The number of amides is 1. The minimum Gasteiger partial charge on any atom is -0.480 e. The third-order valence-electron chi connectivity index (χ3n) is 4.01. The van der Waals surface area contributed by atoms with Crippen LogP contribution in [0.15, 0.2) is 29.6 Å². The number of carboxylic acids is 1. The molecule has 0 unspecified atom stereocenters. The molecule has 2 heterocycles. The van der Waals surface area contributed by atoms with Crippen LogP contribution in [0.25, 0.3) is 10.6 Å². The minimum absolute atomic E-state index is 0.141. The fraction of sp³-hybridized carbons (Fsp3) is 0.353. The van der Waals surface area contributed by atoms with Crippen LogP contribution in [0.4, 0.5) is 0 Å². The van der Waals surface area contributed by atoms with Crippen molar-refractivity contribution in [1.29, 1.82) is 0 Å². The van der Waals surface area contributed by atoms with E-state index in [0.717, 1.165) is 5.56 Å². The number of aliphatic carboxylic acids is 1. The van der Waals surface area contributed by atoms with Crippen LogP contribution in [0, 0.1) is 0 Å². The van der Waals surface area contributed by atoms with E-state index >= 15 is 0 Å². The SMILES string of the molecule is O=C(O)CN(C(=O)c1csc(-c2ccc(Cl)cc2)n1)C1CCOCC1. The Morgan fingerprint density at radius 3 is 2.60 bits per heavy atom. The van der Waals surface area contributed by atoms with E-state index < -0.39 is 5.97 Å². The summed E-state index contributed by atoms with van der Waals surface area (Å²) in [6, 6.07) is 7.06. The fourth-order valence-electron chi connectivity index (χ4n) is 2.75. The van der Waals surface area contributed by atoms with E-state index in [-0.39, 0.29) is 24.2 Å². The van der Waals surface area contributed by atoms with Crippen LogP contribution in [0.2, 0.25) is 5.02 Å². The highest BCUT2D eigenvalue weighted by atomic mass is 35.5. The number of nitrogens with zero attached hydrogens (tertiary/aromatic N) is 2. The maximum atomic E-state index is 12.8. The maximum absolute atomic E-state index is 12.8. The number of rotatable bonds is 5. The zero-order chi connectivity index (χ0) is 17.8. The van der Waals surface area contributed by atoms with Crippen molar-refractivity contribution < 1.29 is 19.4 Å². The molecule has 0 bridgehead atoms. The Kier molecular flexibility index (Phi) is 5.67. The number of hydrogen-bond acceptors (Lipinski definition) is 5. The highest BCUT2D eigenvalue weighted by Gasteiger charge is 2.29. The van der Waals surface area contributed by atoms with Crippen molar-refractivity contribution in [2.75, 3.05) is 19.8 Å². The van der Waals surface area contributed by atoms with Gasteiger partial charge in [-0.2, -0.15) is 0 Å². The van der Waals surface area contributed by atoms with Gasteiger partial charge in [0.15, 0.2) is 0 Å². The van der Waals surface area contributed by atoms with Crippen molar-refractivity contribution in [1.82, 2.24) is 9.88 Å². The number of ether oxygens (including phenoxy) is 1. The normalized spacial score (nSPS) is 15.1. The summed E-state index contributed by atoms with van der Waals surface area (Å²) in [4.78, 5) is 29.8. The molecule has 25 heavy (non-hydrogen) atoms. The van der Waals surface area contributed by atoms with Crippen LogP contribution in [0.1, 0.15) is 23.3 Å². The molecule has 2 aromatic rings. The Morgan fingerprint density at radius 1 is 1.28 bits per heavy atom. The quantitative estimate of drug-likeness (QED) is 0.861. The van der Waals surface area contributed by atoms with Gasteiger partial charge in [-0.3, -0.25) is 9.59 Å². The summed E-state index contributed by atoms with van der Waals surface area (Å²) in [5.74, 6) is -1.39. The summed E-state index contributed by atoms with van der Waals surface area (Å²) in [5.41, 5.74) is 1.13. The molecular formula is C17H17ClN2O4S. The zero-order valence-electron chi connectivity index (χ0n) is 13.4. The van der Waals surface area contributed by atoms with Gasteiger partial charge in [-0.15, -0.1) is 11.3 Å². The lowest BCUT2D eigenvalue weighted by molar-refractivity contribution is -0.138. The summed E-state index contributed by atoms with van der Waals surface area (Å²) >= 11 is 7.23. The first-order valence-corrected chi connectivity index (χ1v) is 9.12. The summed E-state index contributed by atoms with van der Waals surface area (Å²) in [7, 11) is 0. The molecule has 1 aliphatic heterocycles. The largest absolute Gasteiger partial charge is 0.480 e. The second kappa shape index (κ2) is 7.95. The summed E-state index contributed by atoms with van der Waals surface area (Å²) < 4.78 is 5.30. The molecule has 1 saturated heterocycles. The molecule has 6 nitrogen and oxygen atoms in total. The van der Waals surface area contributed by atoms with Crippen molar-refractivity contribution >= 4 is 34.8 Å². The number of thiazole rings is 1. The molecule has 1 amide bonds. The summed E-state index contributed by atoms with van der Waals surface area (Å²) in [6.45, 7) is 0.722.